The minimum atomic E-state index is -0.733. The van der Waals surface area contributed by atoms with Gasteiger partial charge in [-0.25, -0.2) is 4.79 Å². The number of rotatable bonds is 11. The zero-order valence-corrected chi connectivity index (χ0v) is 20.1. The minimum absolute atomic E-state index is 0.00114. The van der Waals surface area contributed by atoms with E-state index in [2.05, 4.69) is 19.6 Å². The molecule has 1 aliphatic rings. The molecule has 2 rings (SSSR count). The number of carbonyl (C=O) groups excluding carboxylic acids is 1. The smallest absolute Gasteiger partial charge is 0.342 e. The topological polar surface area (TPSA) is 87.0 Å². The van der Waals surface area contributed by atoms with E-state index in [0.717, 1.165) is 44.1 Å². The maximum atomic E-state index is 13.0. The summed E-state index contributed by atoms with van der Waals surface area (Å²) in [5.41, 5.74) is 3.21. The Morgan fingerprint density at radius 2 is 1.97 bits per heavy atom. The molecule has 32 heavy (non-hydrogen) atoms. The van der Waals surface area contributed by atoms with Crippen molar-refractivity contribution >= 4 is 5.97 Å². The maximum absolute atomic E-state index is 13.0. The van der Waals surface area contributed by atoms with E-state index in [9.17, 15) is 20.1 Å². The number of hydrogen-bond acceptors (Lipinski definition) is 5. The highest BCUT2D eigenvalue weighted by Gasteiger charge is 2.33. The van der Waals surface area contributed by atoms with Crippen molar-refractivity contribution in [3.05, 3.63) is 46.6 Å². The van der Waals surface area contributed by atoms with Crippen LogP contribution in [0.5, 0.6) is 11.5 Å². The highest BCUT2D eigenvalue weighted by Crippen LogP contribution is 2.48. The van der Waals surface area contributed by atoms with Crippen LogP contribution in [0.4, 0.5) is 0 Å². The lowest BCUT2D eigenvalue weighted by Crippen LogP contribution is -2.21. The Morgan fingerprint density at radius 3 is 2.59 bits per heavy atom. The third kappa shape index (κ3) is 6.38. The number of allylic oxidation sites excluding steroid dienone is 3. The van der Waals surface area contributed by atoms with Crippen molar-refractivity contribution in [2.75, 3.05) is 6.61 Å². The molecule has 0 spiro atoms. The summed E-state index contributed by atoms with van der Waals surface area (Å²) in [7, 11) is 0. The van der Waals surface area contributed by atoms with Crippen LogP contribution in [0.15, 0.2) is 29.9 Å². The largest absolute Gasteiger partial charge is 0.507 e. The predicted octanol–water partition coefficient (Wildman–Crippen LogP) is 6.16. The third-order valence-corrected chi connectivity index (χ3v) is 6.40. The zero-order chi connectivity index (χ0) is 23.8. The molecule has 0 radical (unpaired) electrons. The van der Waals surface area contributed by atoms with Crippen LogP contribution in [0.2, 0.25) is 0 Å². The molecule has 0 fully saturated rings. The van der Waals surface area contributed by atoms with Crippen LogP contribution in [0.25, 0.3) is 0 Å². The van der Waals surface area contributed by atoms with Gasteiger partial charge in [0.1, 0.15) is 23.7 Å². The van der Waals surface area contributed by atoms with Gasteiger partial charge in [-0.3, -0.25) is 0 Å². The number of aliphatic hydroxyl groups is 1. The number of unbranched alkanes of at least 4 members (excludes halogenated alkanes) is 2. The number of esters is 1. The summed E-state index contributed by atoms with van der Waals surface area (Å²) >= 11 is 0. The van der Waals surface area contributed by atoms with Crippen molar-refractivity contribution in [2.24, 2.45) is 5.92 Å². The van der Waals surface area contributed by atoms with Gasteiger partial charge in [-0.1, -0.05) is 56.9 Å². The summed E-state index contributed by atoms with van der Waals surface area (Å²) in [5, 5.41) is 32.2. The van der Waals surface area contributed by atoms with Crippen molar-refractivity contribution in [2.45, 2.75) is 91.1 Å². The third-order valence-electron chi connectivity index (χ3n) is 6.40. The van der Waals surface area contributed by atoms with E-state index in [1.807, 2.05) is 20.8 Å². The fourth-order valence-electron chi connectivity index (χ4n) is 4.61. The van der Waals surface area contributed by atoms with Gasteiger partial charge in [0.15, 0.2) is 0 Å². The average molecular weight is 445 g/mol. The Bertz CT molecular complexity index is 839. The molecule has 1 aromatic carbocycles. The van der Waals surface area contributed by atoms with Crippen LogP contribution in [-0.2, 0) is 11.2 Å². The molecule has 0 aromatic heterocycles. The molecule has 0 aliphatic heterocycles. The highest BCUT2D eigenvalue weighted by atomic mass is 16.5. The number of aliphatic hydroxyl groups excluding tert-OH is 1. The van der Waals surface area contributed by atoms with E-state index in [4.69, 9.17) is 4.74 Å². The number of carbonyl (C=O) groups is 1. The van der Waals surface area contributed by atoms with Crippen molar-refractivity contribution in [3.63, 3.8) is 0 Å². The lowest BCUT2D eigenvalue weighted by molar-refractivity contribution is 0.0233. The van der Waals surface area contributed by atoms with Gasteiger partial charge < -0.3 is 20.1 Å². The molecule has 0 bridgehead atoms. The van der Waals surface area contributed by atoms with Gasteiger partial charge in [0.05, 0.1) is 6.10 Å². The van der Waals surface area contributed by atoms with E-state index in [1.54, 1.807) is 6.07 Å². The van der Waals surface area contributed by atoms with Gasteiger partial charge in [-0.2, -0.15) is 0 Å². The van der Waals surface area contributed by atoms with Gasteiger partial charge >= 0.3 is 5.97 Å². The summed E-state index contributed by atoms with van der Waals surface area (Å²) in [5.74, 6) is -1.07. The molecule has 1 aromatic rings. The van der Waals surface area contributed by atoms with Gasteiger partial charge in [0.2, 0.25) is 0 Å². The molecule has 0 saturated carbocycles. The van der Waals surface area contributed by atoms with Gasteiger partial charge in [-0.15, -0.1) is 0 Å². The predicted molar refractivity (Wildman–Crippen MR) is 128 cm³/mol. The zero-order valence-electron chi connectivity index (χ0n) is 20.1. The number of benzene rings is 1. The normalized spacial score (nSPS) is 19.3. The van der Waals surface area contributed by atoms with Crippen LogP contribution in [-0.4, -0.2) is 34.0 Å². The van der Waals surface area contributed by atoms with Gasteiger partial charge in [0, 0.05) is 11.5 Å². The standard InChI is InChI=1S/C27H40O5/c1-6-8-9-11-19-15-23(29)25(22-14-18(5)12-13-21(22)17(3)4)26(30)24(19)27(31)32-16-20(28)10-7-2/h14-15,20-22,28-30H,3,6-13,16H2,1-2,4-5H3/t20?,21-,22+/m1/s1. The van der Waals surface area contributed by atoms with Crippen molar-refractivity contribution in [1.82, 2.24) is 0 Å². The van der Waals surface area contributed by atoms with Crippen LogP contribution >= 0.6 is 0 Å². The van der Waals surface area contributed by atoms with Crippen LogP contribution in [0, 0.1) is 5.92 Å². The molecule has 178 valence electrons. The molecule has 5 heteroatoms. The van der Waals surface area contributed by atoms with Crippen molar-refractivity contribution < 1.29 is 24.9 Å². The summed E-state index contributed by atoms with van der Waals surface area (Å²) in [6.07, 6.45) is 7.86. The van der Waals surface area contributed by atoms with Gasteiger partial charge in [0.25, 0.3) is 0 Å². The molecule has 0 saturated heterocycles. The fourth-order valence-corrected chi connectivity index (χ4v) is 4.61. The molecule has 1 aliphatic carbocycles. The SMILES string of the molecule is C=C(C)[C@H]1CCC(C)=C[C@@H]1c1c(O)cc(CCCCC)c(C(=O)OCC(O)CCC)c1O. The second kappa shape index (κ2) is 12.1. The van der Waals surface area contributed by atoms with E-state index >= 15 is 0 Å². The first kappa shape index (κ1) is 26.0. The monoisotopic (exact) mass is 444 g/mol. The van der Waals surface area contributed by atoms with E-state index in [-0.39, 0.29) is 35.5 Å². The minimum Gasteiger partial charge on any atom is -0.507 e. The summed E-state index contributed by atoms with van der Waals surface area (Å²) in [6.45, 7) is 12.0. The first-order valence-electron chi connectivity index (χ1n) is 12.0. The van der Waals surface area contributed by atoms with Crippen LogP contribution < -0.4 is 0 Å². The average Bonchev–Trinajstić information content (AvgIpc) is 2.72. The Kier molecular flexibility index (Phi) is 9.83. The van der Waals surface area contributed by atoms with Gasteiger partial charge in [-0.05, 0) is 63.5 Å². The van der Waals surface area contributed by atoms with E-state index < -0.39 is 12.1 Å². The fraction of sp³-hybridized carbons (Fsp3) is 0.593. The number of phenolic OH excluding ortho intramolecular Hbond substituents is 2. The Labute approximate surface area is 192 Å². The molecule has 5 nitrogen and oxygen atoms in total. The number of aryl methyl sites for hydroxylation is 1. The molecular weight excluding hydrogens is 404 g/mol. The van der Waals surface area contributed by atoms with Crippen molar-refractivity contribution in [1.29, 1.82) is 0 Å². The summed E-state index contributed by atoms with van der Waals surface area (Å²) in [6, 6.07) is 1.61. The number of phenols is 2. The maximum Gasteiger partial charge on any atom is 0.342 e. The highest BCUT2D eigenvalue weighted by molar-refractivity contribution is 5.95. The lowest BCUT2D eigenvalue weighted by Gasteiger charge is -2.32. The molecule has 3 N–H and O–H groups in total. The Balaban J connectivity index is 2.52. The lowest BCUT2D eigenvalue weighted by atomic mass is 9.73. The Hall–Kier alpha value is -2.27. The van der Waals surface area contributed by atoms with Crippen LogP contribution in [0.1, 0.15) is 100 Å². The molecule has 0 amide bonds. The van der Waals surface area contributed by atoms with Crippen LogP contribution in [0.3, 0.4) is 0 Å². The molecule has 3 atom stereocenters. The van der Waals surface area contributed by atoms with E-state index in [0.29, 0.717) is 24.0 Å². The number of ether oxygens (including phenoxy) is 1. The summed E-state index contributed by atoms with van der Waals surface area (Å²) < 4.78 is 5.38. The second-order valence-corrected chi connectivity index (χ2v) is 9.22. The van der Waals surface area contributed by atoms with Crippen molar-refractivity contribution in [3.8, 4) is 11.5 Å². The first-order chi connectivity index (χ1) is 15.2. The second-order valence-electron chi connectivity index (χ2n) is 9.22. The molecule has 0 heterocycles. The Morgan fingerprint density at radius 1 is 1.25 bits per heavy atom. The first-order valence-corrected chi connectivity index (χ1v) is 12.0. The summed E-state index contributed by atoms with van der Waals surface area (Å²) in [4.78, 5) is 13.0. The van der Waals surface area contributed by atoms with E-state index in [1.165, 1.54) is 5.57 Å². The molecular formula is C27H40O5. The number of aromatic hydroxyl groups is 2. The quantitative estimate of drug-likeness (QED) is 0.216. The molecule has 1 unspecified atom stereocenters. The number of hydrogen-bond donors (Lipinski definition) is 3.